The number of carbonyl (C=O) groups excluding carboxylic acids is 5. The Morgan fingerprint density at radius 1 is 1.05 bits per heavy atom. The zero-order chi connectivity index (χ0) is 31.1. The number of benzene rings is 2. The predicted molar refractivity (Wildman–Crippen MR) is 164 cm³/mol. The van der Waals surface area contributed by atoms with Crippen molar-refractivity contribution in [2.75, 3.05) is 26.7 Å². The van der Waals surface area contributed by atoms with Gasteiger partial charge in [-0.05, 0) is 43.0 Å². The third-order valence-electron chi connectivity index (χ3n) is 7.48. The molecule has 0 unspecified atom stereocenters. The normalized spacial score (nSPS) is 21.5. The molecule has 11 nitrogen and oxygen atoms in total. The van der Waals surface area contributed by atoms with Gasteiger partial charge in [0.25, 0.3) is 5.91 Å². The lowest BCUT2D eigenvalue weighted by Crippen LogP contribution is -2.57. The Labute approximate surface area is 255 Å². The van der Waals surface area contributed by atoms with Crippen molar-refractivity contribution in [2.24, 2.45) is 5.92 Å². The minimum Gasteiger partial charge on any atom is -0.354 e. The van der Waals surface area contributed by atoms with E-state index in [1.807, 2.05) is 30.3 Å². The van der Waals surface area contributed by atoms with Crippen molar-refractivity contribution in [2.45, 2.75) is 51.7 Å². The van der Waals surface area contributed by atoms with E-state index >= 15 is 0 Å². The smallest absolute Gasteiger partial charge is 0.254 e. The molecule has 43 heavy (non-hydrogen) atoms. The summed E-state index contributed by atoms with van der Waals surface area (Å²) in [6.45, 7) is 5.31. The Bertz CT molecular complexity index is 1480. The Morgan fingerprint density at radius 3 is 2.51 bits per heavy atom. The average Bonchev–Trinajstić information content (AvgIpc) is 3.46. The molecule has 1 saturated heterocycles. The van der Waals surface area contributed by atoms with Crippen LogP contribution in [0.4, 0.5) is 0 Å². The molecule has 1 aromatic heterocycles. The molecule has 0 saturated carbocycles. The van der Waals surface area contributed by atoms with Crippen LogP contribution in [0.2, 0.25) is 0 Å². The number of thiazole rings is 1. The van der Waals surface area contributed by atoms with E-state index in [0.717, 1.165) is 15.8 Å². The third kappa shape index (κ3) is 7.95. The van der Waals surface area contributed by atoms with Crippen molar-refractivity contribution in [1.82, 2.24) is 30.7 Å². The highest BCUT2D eigenvalue weighted by molar-refractivity contribution is 7.16. The van der Waals surface area contributed by atoms with Gasteiger partial charge >= 0.3 is 0 Å². The quantitative estimate of drug-likeness (QED) is 0.415. The van der Waals surface area contributed by atoms with Crippen LogP contribution in [0.5, 0.6) is 0 Å². The number of amides is 5. The highest BCUT2D eigenvalue weighted by Gasteiger charge is 2.33. The molecule has 3 aromatic rings. The maximum atomic E-state index is 13.8. The van der Waals surface area contributed by atoms with Gasteiger partial charge in [-0.1, -0.05) is 44.2 Å². The molecule has 5 amide bonds. The SMILES string of the molecule is CC(C)[C@@H]1NC(=O)[C@@H](C)N(C(=O)c2ccc3ncsc3c2)CCCNC(=O)[C@H](Cc2ccccc2)NC(=O)CN(C)C1=O. The van der Waals surface area contributed by atoms with Crippen LogP contribution in [0.3, 0.4) is 0 Å². The van der Waals surface area contributed by atoms with Crippen molar-refractivity contribution in [3.63, 3.8) is 0 Å². The molecule has 0 radical (unpaired) electrons. The molecule has 4 rings (SSSR count). The van der Waals surface area contributed by atoms with Gasteiger partial charge in [0, 0.05) is 32.1 Å². The molecular formula is C31H38N6O5S. The Balaban J connectivity index is 1.62. The molecule has 2 aromatic carbocycles. The summed E-state index contributed by atoms with van der Waals surface area (Å²) in [6, 6.07) is 11.8. The molecular weight excluding hydrogens is 568 g/mol. The van der Waals surface area contributed by atoms with Gasteiger partial charge in [0.05, 0.1) is 22.3 Å². The van der Waals surface area contributed by atoms with Crippen LogP contribution < -0.4 is 16.0 Å². The maximum absolute atomic E-state index is 13.8. The molecule has 0 bridgehead atoms. The van der Waals surface area contributed by atoms with E-state index in [-0.39, 0.29) is 43.8 Å². The number of hydrogen-bond donors (Lipinski definition) is 3. The summed E-state index contributed by atoms with van der Waals surface area (Å²) in [4.78, 5) is 73.9. The van der Waals surface area contributed by atoms with Crippen molar-refractivity contribution in [3.05, 3.63) is 65.2 Å². The van der Waals surface area contributed by atoms with E-state index in [4.69, 9.17) is 0 Å². The number of fused-ring (bicyclic) bond motifs is 1. The predicted octanol–water partition coefficient (Wildman–Crippen LogP) is 1.97. The number of likely N-dealkylation sites (N-methyl/N-ethyl adjacent to an activating group) is 1. The van der Waals surface area contributed by atoms with Gasteiger partial charge in [0.1, 0.15) is 18.1 Å². The molecule has 3 atom stereocenters. The third-order valence-corrected chi connectivity index (χ3v) is 8.27. The summed E-state index contributed by atoms with van der Waals surface area (Å²) < 4.78 is 0.852. The molecule has 3 N–H and O–H groups in total. The van der Waals surface area contributed by atoms with Crippen molar-refractivity contribution in [1.29, 1.82) is 0 Å². The Hall–Kier alpha value is -4.32. The highest BCUT2D eigenvalue weighted by atomic mass is 32.1. The zero-order valence-corrected chi connectivity index (χ0v) is 25.6. The number of carbonyl (C=O) groups is 5. The number of hydrogen-bond acceptors (Lipinski definition) is 7. The first-order chi connectivity index (χ1) is 20.5. The molecule has 0 spiro atoms. The van der Waals surface area contributed by atoms with Gasteiger partial charge in [-0.15, -0.1) is 11.3 Å². The van der Waals surface area contributed by atoms with Gasteiger partial charge in [-0.3, -0.25) is 24.0 Å². The number of nitrogens with one attached hydrogen (secondary N) is 3. The largest absolute Gasteiger partial charge is 0.354 e. The van der Waals surface area contributed by atoms with Crippen LogP contribution >= 0.6 is 11.3 Å². The first-order valence-corrected chi connectivity index (χ1v) is 15.2. The second kappa shape index (κ2) is 14.2. The monoisotopic (exact) mass is 606 g/mol. The highest BCUT2D eigenvalue weighted by Crippen LogP contribution is 2.21. The number of rotatable bonds is 4. The van der Waals surface area contributed by atoms with Crippen LogP contribution in [0.25, 0.3) is 10.2 Å². The molecule has 1 fully saturated rings. The van der Waals surface area contributed by atoms with E-state index < -0.39 is 35.8 Å². The van der Waals surface area contributed by atoms with E-state index in [1.165, 1.54) is 28.2 Å². The maximum Gasteiger partial charge on any atom is 0.254 e. The van der Waals surface area contributed by atoms with E-state index in [0.29, 0.717) is 12.0 Å². The van der Waals surface area contributed by atoms with E-state index in [2.05, 4.69) is 20.9 Å². The first kappa shape index (κ1) is 31.6. The summed E-state index contributed by atoms with van der Waals surface area (Å²) >= 11 is 1.42. The summed E-state index contributed by atoms with van der Waals surface area (Å²) in [5.41, 5.74) is 3.77. The summed E-state index contributed by atoms with van der Waals surface area (Å²) in [6.07, 6.45) is 0.627. The minimum absolute atomic E-state index is 0.171. The fourth-order valence-corrected chi connectivity index (χ4v) is 5.68. The Morgan fingerprint density at radius 2 is 1.79 bits per heavy atom. The van der Waals surface area contributed by atoms with Crippen LogP contribution in [-0.4, -0.2) is 89.1 Å². The summed E-state index contributed by atoms with van der Waals surface area (Å²) in [7, 11) is 1.48. The minimum atomic E-state index is -0.922. The van der Waals surface area contributed by atoms with Gasteiger partial charge < -0.3 is 25.8 Å². The molecule has 1 aliphatic rings. The van der Waals surface area contributed by atoms with Crippen molar-refractivity contribution < 1.29 is 24.0 Å². The van der Waals surface area contributed by atoms with Gasteiger partial charge in [-0.2, -0.15) is 0 Å². The van der Waals surface area contributed by atoms with Crippen LogP contribution in [0.15, 0.2) is 54.0 Å². The number of nitrogens with zero attached hydrogens (tertiary/aromatic N) is 3. The fourth-order valence-electron chi connectivity index (χ4n) is 4.97. The first-order valence-electron chi connectivity index (χ1n) is 14.4. The van der Waals surface area contributed by atoms with Gasteiger partial charge in [-0.25, -0.2) is 4.98 Å². The van der Waals surface area contributed by atoms with Crippen LogP contribution in [0.1, 0.15) is 43.1 Å². The van der Waals surface area contributed by atoms with Crippen molar-refractivity contribution in [3.8, 4) is 0 Å². The topological polar surface area (TPSA) is 141 Å². The molecule has 0 aliphatic carbocycles. The van der Waals surface area contributed by atoms with Gasteiger partial charge in [0.2, 0.25) is 23.6 Å². The second-order valence-electron chi connectivity index (χ2n) is 11.1. The second-order valence-corrected chi connectivity index (χ2v) is 12.0. The summed E-state index contributed by atoms with van der Waals surface area (Å²) in [5, 5.41) is 8.45. The fraction of sp³-hybridized carbons (Fsp3) is 0.419. The lowest BCUT2D eigenvalue weighted by Gasteiger charge is -2.32. The Kier molecular flexibility index (Phi) is 10.5. The van der Waals surface area contributed by atoms with Crippen molar-refractivity contribution >= 4 is 51.1 Å². The van der Waals surface area contributed by atoms with E-state index in [1.54, 1.807) is 44.5 Å². The number of aromatic nitrogens is 1. The molecule has 228 valence electrons. The van der Waals surface area contributed by atoms with Gasteiger partial charge in [0.15, 0.2) is 0 Å². The van der Waals surface area contributed by atoms with Crippen LogP contribution in [-0.2, 0) is 25.6 Å². The average molecular weight is 607 g/mol. The lowest BCUT2D eigenvalue weighted by molar-refractivity contribution is -0.140. The summed E-state index contributed by atoms with van der Waals surface area (Å²) in [5.74, 6) is -2.44. The van der Waals surface area contributed by atoms with E-state index in [9.17, 15) is 24.0 Å². The van der Waals surface area contributed by atoms with Crippen LogP contribution in [0, 0.1) is 5.92 Å². The molecule has 2 heterocycles. The molecule has 1 aliphatic heterocycles. The molecule has 12 heteroatoms. The standard InChI is InChI=1S/C31H38N6O5S/c1-19(2)27-31(42)36(4)17-26(38)34-24(15-21-9-6-5-7-10-21)29(40)32-13-8-14-37(20(3)28(39)35-27)30(41)22-11-12-23-25(16-22)43-18-33-23/h5-7,9-12,16,18-20,24,27H,8,13-15,17H2,1-4H3,(H,32,40)(H,34,38)(H,35,39)/t20-,24+,27+/m1/s1. The lowest BCUT2D eigenvalue weighted by atomic mass is 10.0. The zero-order valence-electron chi connectivity index (χ0n) is 24.8.